The van der Waals surface area contributed by atoms with Crippen molar-refractivity contribution in [2.24, 2.45) is 0 Å². The van der Waals surface area contributed by atoms with Crippen LogP contribution in [0.4, 0.5) is 0 Å². The summed E-state index contributed by atoms with van der Waals surface area (Å²) in [5, 5.41) is 2.01. The largest absolute Gasteiger partial charge is 0.438 e. The van der Waals surface area contributed by atoms with Crippen LogP contribution in [0.1, 0.15) is 49.9 Å². The number of benzene rings is 1. The third-order valence-electron chi connectivity index (χ3n) is 7.68. The van der Waals surface area contributed by atoms with Gasteiger partial charge in [-0.05, 0) is 69.6 Å². The maximum atomic E-state index is 5.83. The lowest BCUT2D eigenvalue weighted by Crippen LogP contribution is -2.49. The van der Waals surface area contributed by atoms with Crippen molar-refractivity contribution in [1.29, 1.82) is 0 Å². The van der Waals surface area contributed by atoms with E-state index in [1.54, 1.807) is 0 Å². The summed E-state index contributed by atoms with van der Waals surface area (Å²) in [6, 6.07) is 19.6. The van der Waals surface area contributed by atoms with E-state index in [-0.39, 0.29) is 6.04 Å². The topological polar surface area (TPSA) is 33.2 Å². The Bertz CT molecular complexity index is 1690. The van der Waals surface area contributed by atoms with E-state index in [2.05, 4.69) is 128 Å². The predicted molar refractivity (Wildman–Crippen MR) is 161 cm³/mol. The van der Waals surface area contributed by atoms with Gasteiger partial charge in [0.15, 0.2) is 12.2 Å². The van der Waals surface area contributed by atoms with Crippen LogP contribution < -0.4 is 15.2 Å². The number of aryl methyl sites for hydroxylation is 1. The van der Waals surface area contributed by atoms with Gasteiger partial charge in [0, 0.05) is 53.2 Å². The van der Waals surface area contributed by atoms with Gasteiger partial charge < -0.3 is 9.32 Å². The molecular formula is C35H38N3O+. The summed E-state index contributed by atoms with van der Waals surface area (Å²) in [5.74, 6) is 0.321. The average molecular weight is 517 g/mol. The zero-order valence-corrected chi connectivity index (χ0v) is 23.5. The number of aromatic nitrogens is 2. The third kappa shape index (κ3) is 5.37. The van der Waals surface area contributed by atoms with Crippen LogP contribution in [-0.4, -0.2) is 23.5 Å². The molecular weight excluding hydrogens is 478 g/mol. The third-order valence-corrected chi connectivity index (χ3v) is 7.68. The van der Waals surface area contributed by atoms with Gasteiger partial charge in [-0.25, -0.2) is 4.98 Å². The number of likely N-dealkylation sites (N-methyl/N-ethyl adjacent to an activating group) is 1. The monoisotopic (exact) mass is 516 g/mol. The summed E-state index contributed by atoms with van der Waals surface area (Å²) < 4.78 is 8.26. The van der Waals surface area contributed by atoms with Gasteiger partial charge in [-0.1, -0.05) is 55.2 Å². The van der Waals surface area contributed by atoms with E-state index in [0.29, 0.717) is 17.0 Å². The van der Waals surface area contributed by atoms with E-state index in [1.807, 2.05) is 13.0 Å². The summed E-state index contributed by atoms with van der Waals surface area (Å²) >= 11 is 0. The molecule has 198 valence electrons. The van der Waals surface area contributed by atoms with Crippen molar-refractivity contribution in [3.8, 4) is 11.3 Å². The van der Waals surface area contributed by atoms with Crippen molar-refractivity contribution in [3.63, 3.8) is 0 Å². The first-order chi connectivity index (χ1) is 18.9. The molecule has 1 aliphatic heterocycles. The Morgan fingerprint density at radius 3 is 2.74 bits per heavy atom. The molecule has 39 heavy (non-hydrogen) atoms. The van der Waals surface area contributed by atoms with Crippen molar-refractivity contribution in [2.75, 3.05) is 13.6 Å². The Kier molecular flexibility index (Phi) is 7.65. The van der Waals surface area contributed by atoms with Crippen LogP contribution in [0, 0.1) is 6.92 Å². The first-order valence-electron chi connectivity index (χ1n) is 13.7. The molecule has 4 heteroatoms. The molecule has 0 spiro atoms. The molecule has 5 rings (SSSR count). The molecule has 0 fully saturated rings. The fraction of sp³-hybridized carbons (Fsp3) is 0.257. The zero-order valence-electron chi connectivity index (χ0n) is 23.5. The molecule has 1 aromatic carbocycles. The van der Waals surface area contributed by atoms with Gasteiger partial charge in [-0.2, -0.15) is 4.57 Å². The van der Waals surface area contributed by atoms with Crippen LogP contribution >= 0.6 is 0 Å². The number of fused-ring (bicyclic) bond motifs is 4. The second-order valence-corrected chi connectivity index (χ2v) is 10.7. The van der Waals surface area contributed by atoms with Crippen LogP contribution in [-0.2, 0) is 0 Å². The summed E-state index contributed by atoms with van der Waals surface area (Å²) in [7, 11) is 2.11. The van der Waals surface area contributed by atoms with Crippen molar-refractivity contribution < 1.29 is 8.98 Å². The SMILES string of the molecule is C=C(CN(C)/C=C\C)C1C(CC/C(C)=C/C=c2\c(=C)oc3nc(C)ccc23)c2ccccc2-c2cccc[n+]21. The highest BCUT2D eigenvalue weighted by molar-refractivity contribution is 5.76. The Balaban J connectivity index is 1.47. The van der Waals surface area contributed by atoms with Gasteiger partial charge in [0.25, 0.3) is 0 Å². The van der Waals surface area contributed by atoms with Gasteiger partial charge in [-0.3, -0.25) is 0 Å². The number of nitrogens with zero attached hydrogens (tertiary/aromatic N) is 3. The number of furan rings is 1. The molecule has 2 unspecified atom stereocenters. The molecule has 0 saturated carbocycles. The fourth-order valence-corrected chi connectivity index (χ4v) is 5.87. The van der Waals surface area contributed by atoms with Gasteiger partial charge in [0.1, 0.15) is 5.42 Å². The number of rotatable bonds is 8. The van der Waals surface area contributed by atoms with Crippen LogP contribution in [0.15, 0.2) is 101 Å². The highest BCUT2D eigenvalue weighted by Crippen LogP contribution is 2.43. The zero-order chi connectivity index (χ0) is 27.5. The molecule has 4 nitrogen and oxygen atoms in total. The summed E-state index contributed by atoms with van der Waals surface area (Å²) in [6.07, 6.45) is 12.7. The maximum Gasteiger partial charge on any atom is 0.227 e. The van der Waals surface area contributed by atoms with Crippen molar-refractivity contribution in [2.45, 2.75) is 45.6 Å². The Morgan fingerprint density at radius 1 is 1.13 bits per heavy atom. The first-order valence-corrected chi connectivity index (χ1v) is 13.7. The summed E-state index contributed by atoms with van der Waals surface area (Å²) in [5.41, 5.74) is 8.76. The van der Waals surface area contributed by atoms with Crippen LogP contribution in [0.3, 0.4) is 0 Å². The molecule has 4 heterocycles. The predicted octanol–water partition coefficient (Wildman–Crippen LogP) is 6.37. The van der Waals surface area contributed by atoms with Crippen LogP contribution in [0.25, 0.3) is 35.0 Å². The van der Waals surface area contributed by atoms with Gasteiger partial charge in [-0.15, -0.1) is 0 Å². The maximum absolute atomic E-state index is 5.83. The summed E-state index contributed by atoms with van der Waals surface area (Å²) in [6.45, 7) is 15.8. The minimum atomic E-state index is 0.180. The van der Waals surface area contributed by atoms with Crippen LogP contribution in [0.2, 0.25) is 0 Å². The van der Waals surface area contributed by atoms with Gasteiger partial charge >= 0.3 is 0 Å². The lowest BCUT2D eigenvalue weighted by atomic mass is 9.77. The molecule has 0 amide bonds. The molecule has 4 aromatic rings. The van der Waals surface area contributed by atoms with Crippen molar-refractivity contribution in [1.82, 2.24) is 9.88 Å². The van der Waals surface area contributed by atoms with Gasteiger partial charge in [0.05, 0.1) is 5.92 Å². The molecule has 0 radical (unpaired) electrons. The minimum absolute atomic E-state index is 0.180. The molecule has 0 saturated heterocycles. The number of hydrogen-bond donors (Lipinski definition) is 0. The molecule has 1 aliphatic rings. The minimum Gasteiger partial charge on any atom is -0.438 e. The van der Waals surface area contributed by atoms with E-state index >= 15 is 0 Å². The number of hydrogen-bond acceptors (Lipinski definition) is 3. The normalized spacial score (nSPS) is 17.4. The fourth-order valence-electron chi connectivity index (χ4n) is 5.87. The second kappa shape index (κ2) is 11.3. The number of allylic oxidation sites excluding steroid dienone is 3. The Labute approximate surface area is 231 Å². The highest BCUT2D eigenvalue weighted by Gasteiger charge is 2.41. The Hall–Kier alpha value is -4.18. The van der Waals surface area contributed by atoms with Gasteiger partial charge in [0.2, 0.25) is 11.4 Å². The van der Waals surface area contributed by atoms with Crippen LogP contribution in [0.5, 0.6) is 0 Å². The average Bonchev–Trinajstić information content (AvgIpc) is 3.23. The van der Waals surface area contributed by atoms with E-state index in [9.17, 15) is 0 Å². The molecule has 0 N–H and O–H groups in total. The molecule has 2 atom stereocenters. The lowest BCUT2D eigenvalue weighted by Gasteiger charge is -2.33. The second-order valence-electron chi connectivity index (χ2n) is 10.7. The van der Waals surface area contributed by atoms with E-state index < -0.39 is 0 Å². The molecule has 0 aliphatic carbocycles. The van der Waals surface area contributed by atoms with Crippen molar-refractivity contribution in [3.05, 3.63) is 119 Å². The van der Waals surface area contributed by atoms with Crippen molar-refractivity contribution >= 4 is 23.8 Å². The quantitative estimate of drug-likeness (QED) is 0.202. The lowest BCUT2D eigenvalue weighted by molar-refractivity contribution is -0.709. The van der Waals surface area contributed by atoms with E-state index in [4.69, 9.17) is 4.42 Å². The summed E-state index contributed by atoms with van der Waals surface area (Å²) in [4.78, 5) is 6.73. The first kappa shape index (κ1) is 26.4. The highest BCUT2D eigenvalue weighted by atomic mass is 16.3. The smallest absolute Gasteiger partial charge is 0.227 e. The molecule has 3 aromatic heterocycles. The Morgan fingerprint density at radius 2 is 1.92 bits per heavy atom. The molecule has 0 bridgehead atoms. The number of pyridine rings is 2. The van der Waals surface area contributed by atoms with E-state index in [0.717, 1.165) is 35.7 Å². The standard InChI is InChI=1S/C35H38N3O/c1-7-21-37(6)23-25(3)34-31(29-12-8-9-13-30(29)33-14-10-11-22-38(33)34)19-16-24(2)15-18-28-27(5)39-35-32(28)20-17-26(4)36-35/h7-15,17-18,20-22,31,34H,3,5,16,19,23H2,1-2,4,6H3/q+1/b21-7-,24-15+,28-18+. The van der Waals surface area contributed by atoms with E-state index in [1.165, 1.54) is 28.0 Å².